The maximum Gasteiger partial charge on any atom is 0.241 e. The molecule has 0 saturated carbocycles. The summed E-state index contributed by atoms with van der Waals surface area (Å²) in [6, 6.07) is 7.16. The number of hydrogen-bond donors (Lipinski definition) is 2. The zero-order valence-corrected chi connectivity index (χ0v) is 12.0. The summed E-state index contributed by atoms with van der Waals surface area (Å²) in [5.74, 6) is 0.261. The first-order valence-electron chi connectivity index (χ1n) is 6.76. The highest BCUT2D eigenvalue weighted by atomic mass is 16.5. The molecule has 1 aromatic rings. The highest BCUT2D eigenvalue weighted by molar-refractivity contribution is 5.95. The van der Waals surface area contributed by atoms with Crippen molar-refractivity contribution in [3.63, 3.8) is 0 Å². The number of nitrogens with one attached hydrogen (secondary N) is 1. The lowest BCUT2D eigenvalue weighted by atomic mass is 10.0. The van der Waals surface area contributed by atoms with Crippen molar-refractivity contribution in [1.82, 2.24) is 0 Å². The number of nitrogens with two attached hydrogens (primary N) is 1. The molecule has 0 aliphatic rings. The van der Waals surface area contributed by atoms with Crippen LogP contribution in [0.4, 0.5) is 5.69 Å². The van der Waals surface area contributed by atoms with Gasteiger partial charge in [0.1, 0.15) is 0 Å². The molecule has 0 radical (unpaired) electrons. The van der Waals surface area contributed by atoms with Crippen LogP contribution >= 0.6 is 0 Å². The third-order valence-electron chi connectivity index (χ3n) is 2.80. The summed E-state index contributed by atoms with van der Waals surface area (Å²) in [6.45, 7) is 7.19. The quantitative estimate of drug-likeness (QED) is 0.795. The van der Waals surface area contributed by atoms with Crippen LogP contribution in [0, 0.1) is 5.92 Å². The number of anilines is 1. The fraction of sp³-hybridized carbons (Fsp3) is 0.533. The molecule has 0 aliphatic heterocycles. The number of ether oxygens (including phenoxy) is 1. The predicted molar refractivity (Wildman–Crippen MR) is 77.8 cm³/mol. The van der Waals surface area contributed by atoms with E-state index in [1.165, 1.54) is 0 Å². The molecule has 3 N–H and O–H groups in total. The molecule has 0 spiro atoms. The van der Waals surface area contributed by atoms with Gasteiger partial charge in [0, 0.05) is 17.9 Å². The van der Waals surface area contributed by atoms with E-state index in [0.29, 0.717) is 25.6 Å². The number of hydrogen-bond acceptors (Lipinski definition) is 3. The van der Waals surface area contributed by atoms with Crippen LogP contribution in [0.25, 0.3) is 0 Å². The predicted octanol–water partition coefficient (Wildman–Crippen LogP) is 2.54. The van der Waals surface area contributed by atoms with Gasteiger partial charge in [0.25, 0.3) is 0 Å². The largest absolute Gasteiger partial charge is 0.377 e. The smallest absolute Gasteiger partial charge is 0.241 e. The SMILES string of the molecule is CCOCc1ccccc1NC(=O)[C@H](N)CC(C)C. The van der Waals surface area contributed by atoms with Crippen molar-refractivity contribution >= 4 is 11.6 Å². The lowest BCUT2D eigenvalue weighted by molar-refractivity contribution is -0.117. The molecule has 0 aromatic heterocycles. The van der Waals surface area contributed by atoms with E-state index in [9.17, 15) is 4.79 Å². The third-order valence-corrected chi connectivity index (χ3v) is 2.80. The second-order valence-electron chi connectivity index (χ2n) is 5.02. The van der Waals surface area contributed by atoms with Crippen LogP contribution in [-0.4, -0.2) is 18.6 Å². The zero-order chi connectivity index (χ0) is 14.3. The maximum absolute atomic E-state index is 12.0. The highest BCUT2D eigenvalue weighted by Crippen LogP contribution is 2.17. The molecular weight excluding hydrogens is 240 g/mol. The van der Waals surface area contributed by atoms with Crippen molar-refractivity contribution in [2.75, 3.05) is 11.9 Å². The lowest BCUT2D eigenvalue weighted by Crippen LogP contribution is -2.36. The van der Waals surface area contributed by atoms with Crippen LogP contribution in [-0.2, 0) is 16.1 Å². The van der Waals surface area contributed by atoms with Crippen molar-refractivity contribution in [2.45, 2.75) is 39.8 Å². The first-order valence-corrected chi connectivity index (χ1v) is 6.76. The number of carbonyl (C=O) groups excluding carboxylic acids is 1. The first kappa shape index (κ1) is 15.7. The fourth-order valence-corrected chi connectivity index (χ4v) is 1.82. The summed E-state index contributed by atoms with van der Waals surface area (Å²) in [6.07, 6.45) is 0.680. The standard InChI is InChI=1S/C15H24N2O2/c1-4-19-10-12-7-5-6-8-14(12)17-15(18)13(16)9-11(2)3/h5-8,11,13H,4,9-10,16H2,1-3H3,(H,17,18)/t13-/m1/s1. The average Bonchev–Trinajstić information content (AvgIpc) is 2.36. The Hall–Kier alpha value is -1.39. The Balaban J connectivity index is 2.67. The fourth-order valence-electron chi connectivity index (χ4n) is 1.82. The Morgan fingerprint density at radius 1 is 1.37 bits per heavy atom. The van der Waals surface area contributed by atoms with E-state index in [1.54, 1.807) is 0 Å². The van der Waals surface area contributed by atoms with Crippen LogP contribution in [0.1, 0.15) is 32.8 Å². The molecule has 19 heavy (non-hydrogen) atoms. The Labute approximate surface area is 115 Å². The van der Waals surface area contributed by atoms with Crippen LogP contribution in [0.15, 0.2) is 24.3 Å². The van der Waals surface area contributed by atoms with E-state index in [2.05, 4.69) is 19.2 Å². The first-order chi connectivity index (χ1) is 9.04. The van der Waals surface area contributed by atoms with E-state index in [4.69, 9.17) is 10.5 Å². The van der Waals surface area contributed by atoms with Gasteiger partial charge in [0.15, 0.2) is 0 Å². The number of carbonyl (C=O) groups is 1. The molecule has 0 heterocycles. The van der Waals surface area contributed by atoms with Gasteiger partial charge in [-0.2, -0.15) is 0 Å². The van der Waals surface area contributed by atoms with Gasteiger partial charge >= 0.3 is 0 Å². The summed E-state index contributed by atoms with van der Waals surface area (Å²) in [7, 11) is 0. The normalized spacial score (nSPS) is 12.5. The number of rotatable bonds is 7. The van der Waals surface area contributed by atoms with E-state index in [1.807, 2.05) is 31.2 Å². The molecule has 1 rings (SSSR count). The summed E-state index contributed by atoms with van der Waals surface area (Å²) in [4.78, 5) is 12.0. The molecule has 1 atom stereocenters. The van der Waals surface area contributed by atoms with Gasteiger partial charge in [0.2, 0.25) is 5.91 Å². The van der Waals surface area contributed by atoms with Crippen LogP contribution in [0.5, 0.6) is 0 Å². The molecule has 0 bridgehead atoms. The second kappa shape index (κ2) is 7.92. The van der Waals surface area contributed by atoms with Gasteiger partial charge in [-0.15, -0.1) is 0 Å². The molecule has 0 aliphatic carbocycles. The van der Waals surface area contributed by atoms with E-state index >= 15 is 0 Å². The average molecular weight is 264 g/mol. The molecule has 0 saturated heterocycles. The molecule has 0 unspecified atom stereocenters. The molecule has 106 valence electrons. The van der Waals surface area contributed by atoms with E-state index in [0.717, 1.165) is 11.3 Å². The van der Waals surface area contributed by atoms with Gasteiger partial charge in [-0.3, -0.25) is 4.79 Å². The molecule has 4 heteroatoms. The Morgan fingerprint density at radius 2 is 2.05 bits per heavy atom. The maximum atomic E-state index is 12.0. The van der Waals surface area contributed by atoms with Crippen LogP contribution in [0.3, 0.4) is 0 Å². The number of benzene rings is 1. The van der Waals surface area contributed by atoms with Crippen molar-refractivity contribution < 1.29 is 9.53 Å². The molecule has 4 nitrogen and oxygen atoms in total. The minimum atomic E-state index is -0.472. The van der Waals surface area contributed by atoms with E-state index < -0.39 is 6.04 Å². The number of para-hydroxylation sites is 1. The van der Waals surface area contributed by atoms with Crippen LogP contribution in [0.2, 0.25) is 0 Å². The topological polar surface area (TPSA) is 64.3 Å². The van der Waals surface area contributed by atoms with Gasteiger partial charge in [-0.05, 0) is 25.3 Å². The Morgan fingerprint density at radius 3 is 2.68 bits per heavy atom. The molecule has 0 fully saturated rings. The summed E-state index contributed by atoms with van der Waals surface area (Å²) >= 11 is 0. The van der Waals surface area contributed by atoms with Crippen molar-refractivity contribution in [3.05, 3.63) is 29.8 Å². The van der Waals surface area contributed by atoms with Crippen molar-refractivity contribution in [1.29, 1.82) is 0 Å². The monoisotopic (exact) mass is 264 g/mol. The minimum absolute atomic E-state index is 0.141. The summed E-state index contributed by atoms with van der Waals surface area (Å²) in [5, 5.41) is 2.88. The number of amides is 1. The van der Waals surface area contributed by atoms with E-state index in [-0.39, 0.29) is 5.91 Å². The van der Waals surface area contributed by atoms with Gasteiger partial charge in [-0.1, -0.05) is 32.0 Å². The highest BCUT2D eigenvalue weighted by Gasteiger charge is 2.16. The van der Waals surface area contributed by atoms with Gasteiger partial charge in [0.05, 0.1) is 12.6 Å². The third kappa shape index (κ3) is 5.41. The van der Waals surface area contributed by atoms with Crippen molar-refractivity contribution in [3.8, 4) is 0 Å². The van der Waals surface area contributed by atoms with Crippen LogP contribution < -0.4 is 11.1 Å². The zero-order valence-electron chi connectivity index (χ0n) is 12.0. The molecule has 1 aromatic carbocycles. The Bertz CT molecular complexity index is 405. The van der Waals surface area contributed by atoms with Gasteiger partial charge < -0.3 is 15.8 Å². The van der Waals surface area contributed by atoms with Gasteiger partial charge in [-0.25, -0.2) is 0 Å². The molecule has 1 amide bonds. The lowest BCUT2D eigenvalue weighted by Gasteiger charge is -2.16. The second-order valence-corrected chi connectivity index (χ2v) is 5.02. The van der Waals surface area contributed by atoms with Crippen molar-refractivity contribution in [2.24, 2.45) is 11.7 Å². The minimum Gasteiger partial charge on any atom is -0.377 e. The summed E-state index contributed by atoms with van der Waals surface area (Å²) < 4.78 is 5.38. The molecular formula is C15H24N2O2. The Kier molecular flexibility index (Phi) is 6.53. The summed E-state index contributed by atoms with van der Waals surface area (Å²) in [5.41, 5.74) is 7.62.